The van der Waals surface area contributed by atoms with Crippen molar-refractivity contribution in [2.75, 3.05) is 0 Å². The van der Waals surface area contributed by atoms with Crippen LogP contribution in [0.1, 0.15) is 102 Å². The summed E-state index contributed by atoms with van der Waals surface area (Å²) >= 11 is 0. The van der Waals surface area contributed by atoms with Crippen LogP contribution in [0.2, 0.25) is 0 Å². The van der Waals surface area contributed by atoms with E-state index in [0.717, 1.165) is 63.7 Å². The molecule has 0 radical (unpaired) electrons. The molecular weight excluding hydrogens is 350 g/mol. The van der Waals surface area contributed by atoms with Crippen molar-refractivity contribution in [2.45, 2.75) is 96.8 Å². The van der Waals surface area contributed by atoms with Crippen LogP contribution >= 0.6 is 0 Å². The lowest BCUT2D eigenvalue weighted by Gasteiger charge is -2.31. The quantitative estimate of drug-likeness (QED) is 0.438. The number of hydrogen-bond donors (Lipinski definition) is 0. The second-order valence-corrected chi connectivity index (χ2v) is 9.24. The molecule has 0 unspecified atom stereocenters. The van der Waals surface area contributed by atoms with E-state index in [9.17, 15) is 8.78 Å². The van der Waals surface area contributed by atoms with Crippen molar-refractivity contribution in [1.82, 2.24) is 0 Å². The number of allylic oxidation sites excluding steroid dienone is 2. The van der Waals surface area contributed by atoms with Crippen LogP contribution in [-0.4, -0.2) is 0 Å². The van der Waals surface area contributed by atoms with Gasteiger partial charge in [0.2, 0.25) is 0 Å². The van der Waals surface area contributed by atoms with Crippen molar-refractivity contribution in [3.8, 4) is 0 Å². The van der Waals surface area contributed by atoms with Gasteiger partial charge in [0.1, 0.15) is 11.7 Å². The second-order valence-electron chi connectivity index (χ2n) is 9.24. The summed E-state index contributed by atoms with van der Waals surface area (Å²) in [5, 5.41) is 0. The van der Waals surface area contributed by atoms with Crippen LogP contribution in [0.4, 0.5) is 8.78 Å². The summed E-state index contributed by atoms with van der Waals surface area (Å²) in [6, 6.07) is 8.97. The van der Waals surface area contributed by atoms with Gasteiger partial charge in [-0.15, -0.1) is 0 Å². The molecule has 0 aliphatic heterocycles. The lowest BCUT2D eigenvalue weighted by molar-refractivity contribution is 0.241. The van der Waals surface area contributed by atoms with E-state index in [2.05, 4.69) is 38.1 Å². The lowest BCUT2D eigenvalue weighted by atomic mass is 9.76. The molecule has 2 aliphatic carbocycles. The third-order valence-electron chi connectivity index (χ3n) is 7.21. The second kappa shape index (κ2) is 10.6. The molecule has 1 aromatic rings. The molecule has 2 heteroatoms. The monoisotopic (exact) mass is 388 g/mol. The van der Waals surface area contributed by atoms with Gasteiger partial charge in [0.05, 0.1) is 0 Å². The van der Waals surface area contributed by atoms with E-state index >= 15 is 0 Å². The molecule has 2 fully saturated rings. The first kappa shape index (κ1) is 21.5. The third-order valence-corrected chi connectivity index (χ3v) is 7.21. The minimum absolute atomic E-state index is 0.156. The van der Waals surface area contributed by atoms with Crippen molar-refractivity contribution < 1.29 is 8.78 Å². The van der Waals surface area contributed by atoms with Gasteiger partial charge < -0.3 is 0 Å². The highest BCUT2D eigenvalue weighted by Crippen LogP contribution is 2.43. The Labute approximate surface area is 170 Å². The molecule has 0 nitrogen and oxygen atoms in total. The van der Waals surface area contributed by atoms with Gasteiger partial charge in [0, 0.05) is 11.8 Å². The summed E-state index contributed by atoms with van der Waals surface area (Å²) < 4.78 is 29.7. The number of rotatable bonds is 7. The SMILES string of the molecule is CCCc1ccc(C2CCC(/C(F)=C(\F)[C@H]3CC[C@H](CCC)CC3)CC2)cc1. The number of benzene rings is 1. The molecular formula is C26H38F2. The Morgan fingerprint density at radius 2 is 1.29 bits per heavy atom. The highest BCUT2D eigenvalue weighted by Gasteiger charge is 2.31. The number of aryl methyl sites for hydroxylation is 1. The smallest absolute Gasteiger partial charge is 0.135 e. The predicted molar refractivity (Wildman–Crippen MR) is 115 cm³/mol. The molecule has 156 valence electrons. The highest BCUT2D eigenvalue weighted by atomic mass is 19.2. The Kier molecular flexibility index (Phi) is 8.11. The summed E-state index contributed by atoms with van der Waals surface area (Å²) in [4.78, 5) is 0. The average Bonchev–Trinajstić information content (AvgIpc) is 2.74. The molecule has 0 atom stereocenters. The highest BCUT2D eigenvalue weighted by molar-refractivity contribution is 5.26. The van der Waals surface area contributed by atoms with Gasteiger partial charge >= 0.3 is 0 Å². The van der Waals surface area contributed by atoms with Crippen LogP contribution < -0.4 is 0 Å². The Morgan fingerprint density at radius 3 is 1.79 bits per heavy atom. The molecule has 0 saturated heterocycles. The summed E-state index contributed by atoms with van der Waals surface area (Å²) in [6.07, 6.45) is 12.1. The molecule has 28 heavy (non-hydrogen) atoms. The Bertz CT molecular complexity index is 614. The van der Waals surface area contributed by atoms with Gasteiger partial charge in [0.15, 0.2) is 0 Å². The van der Waals surface area contributed by atoms with Crippen LogP contribution in [0.15, 0.2) is 35.9 Å². The van der Waals surface area contributed by atoms with Crippen molar-refractivity contribution in [3.63, 3.8) is 0 Å². The summed E-state index contributed by atoms with van der Waals surface area (Å²) in [5.74, 6) is 0.0856. The maximum absolute atomic E-state index is 14.9. The van der Waals surface area contributed by atoms with Crippen LogP contribution in [-0.2, 0) is 6.42 Å². The minimum Gasteiger partial charge on any atom is -0.209 e. The summed E-state index contributed by atoms with van der Waals surface area (Å²) in [6.45, 7) is 4.41. The zero-order valence-electron chi connectivity index (χ0n) is 17.9. The van der Waals surface area contributed by atoms with Crippen molar-refractivity contribution >= 4 is 0 Å². The average molecular weight is 389 g/mol. The first-order chi connectivity index (χ1) is 13.6. The Balaban J connectivity index is 1.52. The van der Waals surface area contributed by atoms with Crippen molar-refractivity contribution in [1.29, 1.82) is 0 Å². The van der Waals surface area contributed by atoms with E-state index < -0.39 is 11.7 Å². The molecule has 3 rings (SSSR count). The van der Waals surface area contributed by atoms with E-state index in [1.54, 1.807) is 0 Å². The van der Waals surface area contributed by atoms with E-state index in [1.807, 2.05) is 0 Å². The van der Waals surface area contributed by atoms with E-state index in [0.29, 0.717) is 5.92 Å². The van der Waals surface area contributed by atoms with Gasteiger partial charge in [-0.1, -0.05) is 57.4 Å². The van der Waals surface area contributed by atoms with Gasteiger partial charge in [-0.05, 0) is 80.8 Å². The fraction of sp³-hybridized carbons (Fsp3) is 0.692. The van der Waals surface area contributed by atoms with Crippen molar-refractivity contribution in [3.05, 3.63) is 47.0 Å². The maximum atomic E-state index is 14.9. The van der Waals surface area contributed by atoms with Gasteiger partial charge in [-0.25, -0.2) is 8.78 Å². The molecule has 0 heterocycles. The first-order valence-electron chi connectivity index (χ1n) is 11.8. The largest absolute Gasteiger partial charge is 0.209 e. The van der Waals surface area contributed by atoms with Gasteiger partial charge in [-0.3, -0.25) is 0 Å². The van der Waals surface area contributed by atoms with E-state index in [4.69, 9.17) is 0 Å². The molecule has 2 aliphatic rings. The molecule has 0 spiro atoms. The summed E-state index contributed by atoms with van der Waals surface area (Å²) in [5.41, 5.74) is 2.77. The third kappa shape index (κ3) is 5.45. The fourth-order valence-electron chi connectivity index (χ4n) is 5.43. The van der Waals surface area contributed by atoms with Crippen LogP contribution in [0, 0.1) is 17.8 Å². The number of hydrogen-bond acceptors (Lipinski definition) is 0. The number of halogens is 2. The Morgan fingerprint density at radius 1 is 0.750 bits per heavy atom. The Hall–Kier alpha value is -1.18. The van der Waals surface area contributed by atoms with Crippen LogP contribution in [0.5, 0.6) is 0 Å². The molecule has 2 saturated carbocycles. The lowest BCUT2D eigenvalue weighted by Crippen LogP contribution is -2.19. The minimum atomic E-state index is -0.407. The van der Waals surface area contributed by atoms with Crippen LogP contribution in [0.3, 0.4) is 0 Å². The topological polar surface area (TPSA) is 0 Å². The first-order valence-corrected chi connectivity index (χ1v) is 11.8. The van der Waals surface area contributed by atoms with E-state index in [1.165, 1.54) is 30.4 Å². The molecule has 0 aromatic heterocycles. The van der Waals surface area contributed by atoms with E-state index in [-0.39, 0.29) is 11.8 Å². The molecule has 1 aromatic carbocycles. The molecule has 0 bridgehead atoms. The normalized spacial score (nSPS) is 29.4. The van der Waals surface area contributed by atoms with Gasteiger partial charge in [0.25, 0.3) is 0 Å². The molecule has 0 amide bonds. The zero-order chi connectivity index (χ0) is 19.9. The van der Waals surface area contributed by atoms with Crippen LogP contribution in [0.25, 0.3) is 0 Å². The summed E-state index contributed by atoms with van der Waals surface area (Å²) in [7, 11) is 0. The fourth-order valence-corrected chi connectivity index (χ4v) is 5.43. The predicted octanol–water partition coefficient (Wildman–Crippen LogP) is 8.67. The van der Waals surface area contributed by atoms with Gasteiger partial charge in [-0.2, -0.15) is 0 Å². The maximum Gasteiger partial charge on any atom is 0.135 e. The molecule has 0 N–H and O–H groups in total. The van der Waals surface area contributed by atoms with Crippen molar-refractivity contribution in [2.24, 2.45) is 17.8 Å². The standard InChI is InChI=1S/C26H38F2/c1-3-5-19-7-11-21(12-8-19)22-15-17-24(18-16-22)26(28)25(27)23-13-9-20(6-4-2)10-14-23/h7-8,11-12,20,22-24H,3-6,9-10,13-18H2,1-2H3/b26-25+/t20-,22?,23-,24?. The zero-order valence-corrected chi connectivity index (χ0v) is 17.9.